The highest BCUT2D eigenvalue weighted by Gasteiger charge is 2.22. The number of amidine groups is 1. The number of allylic oxidation sites excluding steroid dienone is 7. The standard InChI is InChI=1S/C24H37N3/c1-19-14-16-27(17-15-19)24(26-20(2)25-3)23-13-9-5-7-11-21-10-6-4-8-12-22(21)18-23/h4,6,8,12,19H,5,7,9-11,13-18H2,1-3H3,(H,25,26)/b24-23+. The Hall–Kier alpha value is -1.77. The van der Waals surface area contributed by atoms with E-state index in [1.807, 2.05) is 7.05 Å². The van der Waals surface area contributed by atoms with Crippen molar-refractivity contribution in [3.8, 4) is 0 Å². The predicted octanol–water partition coefficient (Wildman–Crippen LogP) is 5.73. The van der Waals surface area contributed by atoms with Gasteiger partial charge in [0.25, 0.3) is 0 Å². The van der Waals surface area contributed by atoms with Gasteiger partial charge in [0.1, 0.15) is 5.82 Å². The zero-order chi connectivity index (χ0) is 19.1. The van der Waals surface area contributed by atoms with Crippen molar-refractivity contribution in [2.45, 2.75) is 71.6 Å². The molecule has 1 aliphatic heterocycles. The number of nitrogens with one attached hydrogen (secondary N) is 1. The maximum absolute atomic E-state index is 4.40. The number of nitrogens with zero attached hydrogens (tertiary/aromatic N) is 2. The van der Waals surface area contributed by atoms with Crippen LogP contribution >= 0.6 is 0 Å². The van der Waals surface area contributed by atoms with Crippen molar-refractivity contribution >= 4 is 5.84 Å². The molecular weight excluding hydrogens is 330 g/mol. The SMILES string of the molecule is CN=C(C)N/C(=C1/CCCCCC2=C(C=CC=CC2)C1)N1CCC(C)CC1. The van der Waals surface area contributed by atoms with E-state index in [0.29, 0.717) is 0 Å². The largest absolute Gasteiger partial charge is 0.358 e. The molecular formula is C24H37N3. The molecule has 148 valence electrons. The summed E-state index contributed by atoms with van der Waals surface area (Å²) in [5.41, 5.74) is 4.77. The van der Waals surface area contributed by atoms with E-state index < -0.39 is 0 Å². The average molecular weight is 368 g/mol. The number of likely N-dealkylation sites (tertiary alicyclic amines) is 1. The van der Waals surface area contributed by atoms with Gasteiger partial charge in [-0.2, -0.15) is 0 Å². The molecule has 0 unspecified atom stereocenters. The topological polar surface area (TPSA) is 27.6 Å². The fraction of sp³-hybridized carbons (Fsp3) is 0.625. The van der Waals surface area contributed by atoms with Gasteiger partial charge in [-0.1, -0.05) is 43.2 Å². The Morgan fingerprint density at radius 2 is 1.89 bits per heavy atom. The zero-order valence-corrected chi connectivity index (χ0v) is 17.6. The lowest BCUT2D eigenvalue weighted by Crippen LogP contribution is -2.40. The van der Waals surface area contributed by atoms with Crippen LogP contribution in [0.15, 0.2) is 51.8 Å². The molecule has 3 nitrogen and oxygen atoms in total. The Balaban J connectivity index is 1.95. The van der Waals surface area contributed by atoms with Gasteiger partial charge in [-0.15, -0.1) is 0 Å². The van der Waals surface area contributed by atoms with E-state index in [-0.39, 0.29) is 0 Å². The van der Waals surface area contributed by atoms with Crippen LogP contribution in [-0.4, -0.2) is 30.9 Å². The van der Waals surface area contributed by atoms with E-state index in [4.69, 9.17) is 0 Å². The molecule has 1 heterocycles. The molecule has 0 aromatic rings. The minimum Gasteiger partial charge on any atom is -0.358 e. The Kier molecular flexibility index (Phi) is 7.37. The molecule has 0 atom stereocenters. The second-order valence-corrected chi connectivity index (χ2v) is 8.41. The minimum absolute atomic E-state index is 0.846. The highest BCUT2D eigenvalue weighted by Crippen LogP contribution is 2.32. The summed E-state index contributed by atoms with van der Waals surface area (Å²) < 4.78 is 0. The molecule has 3 rings (SSSR count). The van der Waals surface area contributed by atoms with Crippen molar-refractivity contribution in [3.63, 3.8) is 0 Å². The van der Waals surface area contributed by atoms with E-state index in [1.54, 1.807) is 16.7 Å². The van der Waals surface area contributed by atoms with Crippen molar-refractivity contribution in [1.82, 2.24) is 10.2 Å². The van der Waals surface area contributed by atoms with Gasteiger partial charge in [-0.25, -0.2) is 0 Å². The summed E-state index contributed by atoms with van der Waals surface area (Å²) in [7, 11) is 1.88. The molecule has 0 radical (unpaired) electrons. The van der Waals surface area contributed by atoms with Crippen molar-refractivity contribution in [2.24, 2.45) is 10.9 Å². The second kappa shape index (κ2) is 9.96. The van der Waals surface area contributed by atoms with Crippen LogP contribution < -0.4 is 5.32 Å². The summed E-state index contributed by atoms with van der Waals surface area (Å²) in [4.78, 5) is 7.00. The summed E-state index contributed by atoms with van der Waals surface area (Å²) >= 11 is 0. The number of rotatable bonds is 2. The summed E-state index contributed by atoms with van der Waals surface area (Å²) in [6, 6.07) is 0. The molecule has 0 spiro atoms. The van der Waals surface area contributed by atoms with E-state index in [1.165, 1.54) is 50.8 Å². The van der Waals surface area contributed by atoms with Gasteiger partial charge >= 0.3 is 0 Å². The lowest BCUT2D eigenvalue weighted by atomic mass is 9.94. The van der Waals surface area contributed by atoms with Crippen LogP contribution in [0.3, 0.4) is 0 Å². The van der Waals surface area contributed by atoms with Crippen LogP contribution in [0.1, 0.15) is 71.6 Å². The van der Waals surface area contributed by atoms with Gasteiger partial charge in [0.05, 0.1) is 5.84 Å². The van der Waals surface area contributed by atoms with Gasteiger partial charge in [0, 0.05) is 20.1 Å². The maximum Gasteiger partial charge on any atom is 0.106 e. The number of aliphatic imine (C=N–C) groups is 1. The molecule has 0 bridgehead atoms. The smallest absolute Gasteiger partial charge is 0.106 e. The van der Waals surface area contributed by atoms with Crippen molar-refractivity contribution in [3.05, 3.63) is 46.8 Å². The van der Waals surface area contributed by atoms with Gasteiger partial charge in [-0.3, -0.25) is 4.99 Å². The quantitative estimate of drug-likeness (QED) is 0.498. The van der Waals surface area contributed by atoms with E-state index >= 15 is 0 Å². The third-order valence-electron chi connectivity index (χ3n) is 6.29. The second-order valence-electron chi connectivity index (χ2n) is 8.41. The first kappa shape index (κ1) is 20.0. The van der Waals surface area contributed by atoms with Crippen LogP contribution in [0, 0.1) is 5.92 Å². The zero-order valence-electron chi connectivity index (χ0n) is 17.6. The molecule has 0 aromatic heterocycles. The van der Waals surface area contributed by atoms with Gasteiger partial charge in [0.15, 0.2) is 0 Å². The fourth-order valence-electron chi connectivity index (χ4n) is 4.38. The third-order valence-corrected chi connectivity index (χ3v) is 6.29. The summed E-state index contributed by atoms with van der Waals surface area (Å²) in [5, 5.41) is 3.69. The van der Waals surface area contributed by atoms with Crippen LogP contribution in [0.25, 0.3) is 0 Å². The van der Waals surface area contributed by atoms with Crippen LogP contribution in [-0.2, 0) is 0 Å². The monoisotopic (exact) mass is 367 g/mol. The molecule has 3 aliphatic rings. The van der Waals surface area contributed by atoms with Crippen molar-refractivity contribution in [2.75, 3.05) is 20.1 Å². The molecule has 0 aromatic carbocycles. The Labute approximate surface area is 166 Å². The molecule has 1 saturated heterocycles. The highest BCUT2D eigenvalue weighted by atomic mass is 15.3. The Bertz CT molecular complexity index is 655. The molecule has 1 fully saturated rings. The molecule has 0 saturated carbocycles. The van der Waals surface area contributed by atoms with E-state index in [0.717, 1.165) is 37.7 Å². The number of piperidine rings is 1. The Morgan fingerprint density at radius 3 is 2.67 bits per heavy atom. The maximum atomic E-state index is 4.40. The van der Waals surface area contributed by atoms with Crippen molar-refractivity contribution < 1.29 is 0 Å². The number of hydrogen-bond acceptors (Lipinski definition) is 2. The van der Waals surface area contributed by atoms with Crippen LogP contribution in [0.5, 0.6) is 0 Å². The lowest BCUT2D eigenvalue weighted by molar-refractivity contribution is 0.227. The van der Waals surface area contributed by atoms with Crippen LogP contribution in [0.4, 0.5) is 0 Å². The van der Waals surface area contributed by atoms with E-state index in [2.05, 4.69) is 53.4 Å². The van der Waals surface area contributed by atoms with Gasteiger partial charge in [-0.05, 0) is 75.4 Å². The number of hydrogen-bond donors (Lipinski definition) is 1. The normalized spacial score (nSPS) is 24.7. The highest BCUT2D eigenvalue weighted by molar-refractivity contribution is 5.81. The molecule has 1 N–H and O–H groups in total. The molecule has 2 aliphatic carbocycles. The van der Waals surface area contributed by atoms with Gasteiger partial charge < -0.3 is 10.2 Å². The summed E-state index contributed by atoms with van der Waals surface area (Å²) in [6.07, 6.45) is 20.3. The summed E-state index contributed by atoms with van der Waals surface area (Å²) in [6.45, 7) is 6.79. The van der Waals surface area contributed by atoms with Crippen LogP contribution in [0.2, 0.25) is 0 Å². The van der Waals surface area contributed by atoms with Gasteiger partial charge in [0.2, 0.25) is 0 Å². The fourth-order valence-corrected chi connectivity index (χ4v) is 4.38. The first-order chi connectivity index (χ1) is 13.2. The third kappa shape index (κ3) is 5.60. The predicted molar refractivity (Wildman–Crippen MR) is 117 cm³/mol. The van der Waals surface area contributed by atoms with E-state index in [9.17, 15) is 0 Å². The molecule has 27 heavy (non-hydrogen) atoms. The first-order valence-electron chi connectivity index (χ1n) is 10.9. The molecule has 3 heteroatoms. The lowest BCUT2D eigenvalue weighted by Gasteiger charge is -2.36. The van der Waals surface area contributed by atoms with Crippen molar-refractivity contribution in [1.29, 1.82) is 0 Å². The Morgan fingerprint density at radius 1 is 1.11 bits per heavy atom. The molecule has 0 amide bonds. The average Bonchev–Trinajstić information content (AvgIpc) is 2.84. The first-order valence-corrected chi connectivity index (χ1v) is 10.9. The summed E-state index contributed by atoms with van der Waals surface area (Å²) in [5.74, 6) is 3.21. The minimum atomic E-state index is 0.846.